The lowest BCUT2D eigenvalue weighted by molar-refractivity contribution is -0.133. The van der Waals surface area contributed by atoms with Gasteiger partial charge in [0.2, 0.25) is 11.8 Å². The van der Waals surface area contributed by atoms with Gasteiger partial charge >= 0.3 is 5.97 Å². The van der Waals surface area contributed by atoms with Gasteiger partial charge in [-0.1, -0.05) is 240 Å². The highest BCUT2D eigenvalue weighted by molar-refractivity contribution is 6.30. The Morgan fingerprint density at radius 2 is 0.507 bits per heavy atom. The Kier molecular flexibility index (Phi) is 58.4. The van der Waals surface area contributed by atoms with E-state index in [1.807, 2.05) is 13.8 Å². The fourth-order valence-corrected chi connectivity index (χ4v) is 16.6. The first-order chi connectivity index (χ1) is 65.3. The van der Waals surface area contributed by atoms with E-state index < -0.39 is 36.3 Å². The van der Waals surface area contributed by atoms with Crippen molar-refractivity contribution in [3.05, 3.63) is 194 Å². The average Bonchev–Trinajstić information content (AvgIpc) is 0.757. The van der Waals surface area contributed by atoms with Gasteiger partial charge in [-0.2, -0.15) is 0 Å². The standard InChI is InChI=1S/C29H47NO7.C23H35NO3.C23H34O3.C21H30O4.C20H22O3/c1-7-9-10-11-12-13-14-15-21(16-22-20(5)25(33)18(3)19(4)26(22)34)29(37)30(6)17-24(32)28(36)27(35)23(31)8-2;1-7-8-9-10-11-12-13-14-19(23(27)24(5)6)15-20-18(4)21(25)16(2)17(3)22(20)26;1-6-8-9-10-11-12-13-14-19(21(24)7-2)15-20-18(5)22(25)16(3)17(4)23(20)26;1-5-6-7-8-9-10-11-12-17(21(24)25)13-18-16(4)19(22)14(2)15(3)20(18)23;1-4-6-9-14(18(21)5-2)12-17-13(3)19(22)15-10-7-8-11-16(15)20(17)23/h16,23-24,27-28,31-32,35-36H,7-15,17H2,1-6H3;15H,7-14H2,1-6H3;15H,6-14H2,1-5H3;13H,5-12H2,1-4H3,(H,24,25);7-8,10-12H,4-6,9H2,1-3H3/t23-,24+,27-,28-;;;;/m1..../s1. The normalized spacial score (nSPS) is 16.4. The summed E-state index contributed by atoms with van der Waals surface area (Å²) in [5, 5.41) is 49.9. The van der Waals surface area contributed by atoms with E-state index in [0.717, 1.165) is 89.9 Å². The molecule has 22 heteroatoms. The van der Waals surface area contributed by atoms with Gasteiger partial charge in [-0.05, 0) is 202 Å². The Hall–Kier alpha value is -10.1. The third-order valence-electron chi connectivity index (χ3n) is 26.9. The van der Waals surface area contributed by atoms with E-state index in [1.165, 1.54) is 132 Å². The van der Waals surface area contributed by atoms with Gasteiger partial charge in [0.25, 0.3) is 0 Å². The number of aliphatic carboxylic acids is 1. The number of carboxylic acid groups (broad SMARTS) is 1. The summed E-state index contributed by atoms with van der Waals surface area (Å²) in [5.74, 6) is -3.13. The molecule has 138 heavy (non-hydrogen) atoms. The Balaban J connectivity index is 0.000000589. The summed E-state index contributed by atoms with van der Waals surface area (Å²) in [6, 6.07) is 6.85. The molecule has 0 radical (unpaired) electrons. The number of amides is 2. The van der Waals surface area contributed by atoms with Crippen molar-refractivity contribution >= 4 is 87.2 Å². The van der Waals surface area contributed by atoms with Crippen molar-refractivity contribution in [2.75, 3.05) is 27.7 Å². The molecule has 0 heterocycles. The summed E-state index contributed by atoms with van der Waals surface area (Å²) >= 11 is 0. The lowest BCUT2D eigenvalue weighted by Crippen LogP contribution is -2.49. The molecule has 0 saturated carbocycles. The van der Waals surface area contributed by atoms with Gasteiger partial charge in [0.1, 0.15) is 18.3 Å². The number of benzene rings is 1. The van der Waals surface area contributed by atoms with E-state index in [-0.39, 0.29) is 105 Å². The van der Waals surface area contributed by atoms with Crippen LogP contribution in [0.3, 0.4) is 0 Å². The fourth-order valence-electron chi connectivity index (χ4n) is 16.6. The van der Waals surface area contributed by atoms with E-state index in [1.54, 1.807) is 154 Å². The number of rotatable bonds is 53. The van der Waals surface area contributed by atoms with Crippen LogP contribution in [0.25, 0.3) is 0 Å². The molecule has 5 N–H and O–H groups in total. The third kappa shape index (κ3) is 38.1. The Morgan fingerprint density at radius 3 is 0.797 bits per heavy atom. The quantitative estimate of drug-likeness (QED) is 0.0230. The number of allylic oxidation sites excluding steroid dienone is 25. The molecule has 0 aliphatic heterocycles. The fraction of sp³-hybridized carbons (Fsp3) is 0.578. The SMILES string of the molecule is CCCCC(=CC1=C(C)C(=O)c2ccccc2C1=O)C(=O)CC.CCCCCCCCCC(=CC1=C(C)C(=O)C(C)=C(C)C1=O)C(=O)CC.CCCCCCCCCC(=CC1=C(C)C(=O)C(C)=C(C)C1=O)C(=O)N(C)C.CCCCCCCCCC(=CC1=C(C)C(=O)C(C)=C(C)C1=O)C(=O)N(C)C[C@H](O)[C@@H](O)[C@H](O)[C@H](O)CC.CCCCCCCCCC(=CC1=C(C)C(=O)C(C)=C(C)C1=O)C(=O)O. The predicted molar refractivity (Wildman–Crippen MR) is 551 cm³/mol. The van der Waals surface area contributed by atoms with Crippen LogP contribution in [0.1, 0.15) is 410 Å². The monoisotopic (exact) mass is 1910 g/mol. The van der Waals surface area contributed by atoms with Gasteiger partial charge in [0.15, 0.2) is 69.4 Å². The first-order valence-electron chi connectivity index (χ1n) is 51.1. The van der Waals surface area contributed by atoms with Gasteiger partial charge in [0, 0.05) is 169 Å². The van der Waals surface area contributed by atoms with Crippen LogP contribution in [0.2, 0.25) is 0 Å². The van der Waals surface area contributed by atoms with Crippen LogP contribution >= 0.6 is 0 Å². The second-order valence-corrected chi connectivity index (χ2v) is 37.7. The molecule has 4 atom stereocenters. The van der Waals surface area contributed by atoms with Crippen LogP contribution < -0.4 is 0 Å². The summed E-state index contributed by atoms with van der Waals surface area (Å²) in [5.41, 5.74) is 10.5. The molecule has 1 aromatic carbocycles. The molecule has 0 spiro atoms. The maximum atomic E-state index is 13.4. The average molecular weight is 1910 g/mol. The molecule has 762 valence electrons. The second kappa shape index (κ2) is 65.0. The minimum absolute atomic E-state index is 0.0397. The van der Waals surface area contributed by atoms with Crippen LogP contribution in [0.15, 0.2) is 183 Å². The van der Waals surface area contributed by atoms with Crippen molar-refractivity contribution in [2.45, 2.75) is 414 Å². The number of nitrogens with zero attached hydrogens (tertiary/aromatic N) is 2. The maximum absolute atomic E-state index is 13.4. The number of hydrogen-bond donors (Lipinski definition) is 5. The van der Waals surface area contributed by atoms with Gasteiger partial charge < -0.3 is 35.3 Å². The van der Waals surface area contributed by atoms with Crippen molar-refractivity contribution < 1.29 is 97.5 Å². The van der Waals surface area contributed by atoms with Crippen LogP contribution in [-0.2, 0) is 62.3 Å². The van der Waals surface area contributed by atoms with E-state index >= 15 is 0 Å². The summed E-state index contributed by atoms with van der Waals surface area (Å²) in [4.78, 5) is 190. The first-order valence-corrected chi connectivity index (χ1v) is 51.1. The number of carboxylic acids is 1. The molecule has 0 unspecified atom stereocenters. The Morgan fingerprint density at radius 1 is 0.275 bits per heavy atom. The van der Waals surface area contributed by atoms with Crippen molar-refractivity contribution in [2.24, 2.45) is 0 Å². The lowest BCUT2D eigenvalue weighted by Gasteiger charge is -2.29. The van der Waals surface area contributed by atoms with E-state index in [0.29, 0.717) is 168 Å². The zero-order chi connectivity index (χ0) is 104. The smallest absolute Gasteiger partial charge is 0.331 e. The second-order valence-electron chi connectivity index (χ2n) is 37.7. The molecule has 0 bridgehead atoms. The van der Waals surface area contributed by atoms with Crippen molar-refractivity contribution in [1.29, 1.82) is 0 Å². The van der Waals surface area contributed by atoms with Crippen LogP contribution in [0.5, 0.6) is 0 Å². The van der Waals surface area contributed by atoms with Crippen LogP contribution in [0, 0.1) is 0 Å². The number of Topliss-reactive ketones (excluding diaryl/α,β-unsaturated/α-hetero) is 12. The van der Waals surface area contributed by atoms with E-state index in [2.05, 4.69) is 34.6 Å². The number of aliphatic hydroxyl groups is 4. The molecule has 1 aromatic rings. The Labute approximate surface area is 825 Å². The molecular weight excluding hydrogens is 1740 g/mol. The number of carbonyl (C=O) groups excluding carboxylic acids is 14. The number of likely N-dealkylation sites (N-methyl/N-ethyl adjacent to an activating group) is 2. The Bertz CT molecular complexity index is 5000. The van der Waals surface area contributed by atoms with Crippen LogP contribution in [0.4, 0.5) is 0 Å². The zero-order valence-electron chi connectivity index (χ0n) is 88.3. The molecular formula is C116H168N2O20. The summed E-state index contributed by atoms with van der Waals surface area (Å²) in [6.45, 7) is 37.2. The molecule has 0 saturated heterocycles. The highest BCUT2D eigenvalue weighted by Crippen LogP contribution is 2.35. The number of hydrogen-bond acceptors (Lipinski definition) is 19. The highest BCUT2D eigenvalue weighted by atomic mass is 16.4. The lowest BCUT2D eigenvalue weighted by atomic mass is 9.83. The number of aliphatic hydroxyl groups excluding tert-OH is 4. The minimum atomic E-state index is -1.64. The maximum Gasteiger partial charge on any atom is 0.331 e. The first kappa shape index (κ1) is 124. The zero-order valence-corrected chi connectivity index (χ0v) is 88.3. The minimum Gasteiger partial charge on any atom is -0.478 e. The van der Waals surface area contributed by atoms with Gasteiger partial charge in [-0.3, -0.25) is 67.1 Å². The predicted octanol–water partition coefficient (Wildman–Crippen LogP) is 23.4. The van der Waals surface area contributed by atoms with Gasteiger partial charge in [-0.25, -0.2) is 4.79 Å². The molecule has 0 fully saturated rings. The number of carbonyl (C=O) groups is 15. The highest BCUT2D eigenvalue weighted by Gasteiger charge is 2.36. The molecule has 6 rings (SSSR count). The topological polar surface area (TPSA) is 364 Å². The van der Waals surface area contributed by atoms with E-state index in [4.69, 9.17) is 0 Å². The van der Waals surface area contributed by atoms with Crippen molar-refractivity contribution in [1.82, 2.24) is 9.80 Å². The molecule has 2 amide bonds. The molecule has 22 nitrogen and oxygen atoms in total. The van der Waals surface area contributed by atoms with Gasteiger partial charge in [-0.15, -0.1) is 0 Å². The van der Waals surface area contributed by atoms with Crippen LogP contribution in [-0.4, -0.2) is 175 Å². The molecule has 5 aliphatic rings. The summed E-state index contributed by atoms with van der Waals surface area (Å²) in [7, 11) is 4.89. The van der Waals surface area contributed by atoms with Gasteiger partial charge in [0.05, 0.1) is 6.10 Å². The number of unbranched alkanes of at least 4 members (excludes halogenated alkanes) is 25. The summed E-state index contributed by atoms with van der Waals surface area (Å²) < 4.78 is 0. The largest absolute Gasteiger partial charge is 0.478 e. The third-order valence-corrected chi connectivity index (χ3v) is 26.9. The molecule has 0 aromatic heterocycles. The number of fused-ring (bicyclic) bond motifs is 1. The van der Waals surface area contributed by atoms with Crippen molar-refractivity contribution in [3.63, 3.8) is 0 Å². The van der Waals surface area contributed by atoms with Crippen molar-refractivity contribution in [3.8, 4) is 0 Å². The molecule has 5 aliphatic carbocycles. The number of ketones is 12. The summed E-state index contributed by atoms with van der Waals surface area (Å²) in [6.07, 6.45) is 39.2. The van der Waals surface area contributed by atoms with E-state index in [9.17, 15) is 97.5 Å².